The molecule has 156 valence electrons. The fourth-order valence-corrected chi connectivity index (χ4v) is 4.25. The number of ether oxygens (including phenoxy) is 1. The molecule has 0 atom stereocenters. The maximum atomic E-state index is 14.0. The Hall–Kier alpha value is -3.39. The number of carbonyl (C=O) groups excluding carboxylic acids is 1. The summed E-state index contributed by atoms with van der Waals surface area (Å²) in [5, 5.41) is 2.56. The van der Waals surface area contributed by atoms with Gasteiger partial charge >= 0.3 is 0 Å². The summed E-state index contributed by atoms with van der Waals surface area (Å²) in [4.78, 5) is 12.5. The molecule has 1 amide bonds. The molecule has 2 N–H and O–H groups in total. The number of hydrogen-bond acceptors (Lipinski definition) is 4. The summed E-state index contributed by atoms with van der Waals surface area (Å²) in [7, 11) is -2.53. The van der Waals surface area contributed by atoms with E-state index in [-0.39, 0.29) is 21.8 Å². The summed E-state index contributed by atoms with van der Waals surface area (Å²) < 4.78 is 47.6. The fraction of sp³-hybridized carbons (Fsp3) is 0.136. The first-order chi connectivity index (χ1) is 14.2. The fourth-order valence-electron chi connectivity index (χ4n) is 2.91. The second kappa shape index (κ2) is 8.54. The van der Waals surface area contributed by atoms with Crippen LogP contribution in [-0.4, -0.2) is 21.4 Å². The van der Waals surface area contributed by atoms with Crippen LogP contribution < -0.4 is 14.8 Å². The van der Waals surface area contributed by atoms with Crippen molar-refractivity contribution in [3.63, 3.8) is 0 Å². The number of carbonyl (C=O) groups is 1. The zero-order valence-corrected chi connectivity index (χ0v) is 17.5. The molecule has 3 aromatic rings. The van der Waals surface area contributed by atoms with Gasteiger partial charge in [-0.05, 0) is 55.8 Å². The summed E-state index contributed by atoms with van der Waals surface area (Å²) in [6, 6.07) is 15.3. The molecule has 3 aromatic carbocycles. The number of nitrogens with one attached hydrogen (secondary N) is 2. The number of benzene rings is 3. The highest BCUT2D eigenvalue weighted by Gasteiger charge is 2.20. The van der Waals surface area contributed by atoms with Crippen LogP contribution in [0.2, 0.25) is 0 Å². The molecule has 0 saturated heterocycles. The van der Waals surface area contributed by atoms with Gasteiger partial charge in [0.1, 0.15) is 11.6 Å². The van der Waals surface area contributed by atoms with Gasteiger partial charge in [-0.1, -0.05) is 29.8 Å². The van der Waals surface area contributed by atoms with Gasteiger partial charge in [0.2, 0.25) is 0 Å². The number of hydrogen-bond donors (Lipinski definition) is 2. The van der Waals surface area contributed by atoms with Crippen LogP contribution in [-0.2, 0) is 10.0 Å². The molecule has 30 heavy (non-hydrogen) atoms. The molecular weight excluding hydrogens is 407 g/mol. The smallest absolute Gasteiger partial charge is 0.262 e. The van der Waals surface area contributed by atoms with Crippen LogP contribution in [0.3, 0.4) is 0 Å². The number of methoxy groups -OCH3 is 1. The highest BCUT2D eigenvalue weighted by atomic mass is 32.2. The average Bonchev–Trinajstić information content (AvgIpc) is 2.71. The number of rotatable bonds is 6. The Bertz CT molecular complexity index is 1210. The number of aryl methyl sites for hydroxylation is 2. The van der Waals surface area contributed by atoms with Crippen molar-refractivity contribution in [2.45, 2.75) is 18.7 Å². The quantitative estimate of drug-likeness (QED) is 0.605. The number of halogens is 1. The van der Waals surface area contributed by atoms with Crippen molar-refractivity contribution in [2.24, 2.45) is 0 Å². The van der Waals surface area contributed by atoms with Crippen molar-refractivity contribution in [1.29, 1.82) is 0 Å². The predicted octanol–water partition coefficient (Wildman–Crippen LogP) is 4.50. The molecule has 0 radical (unpaired) electrons. The van der Waals surface area contributed by atoms with Crippen LogP contribution in [0.5, 0.6) is 5.75 Å². The van der Waals surface area contributed by atoms with Gasteiger partial charge in [0.15, 0.2) is 0 Å². The average molecular weight is 428 g/mol. The molecule has 6 nitrogen and oxygen atoms in total. The minimum absolute atomic E-state index is 0.0177. The largest absolute Gasteiger partial charge is 0.495 e. The molecule has 3 rings (SSSR count). The van der Waals surface area contributed by atoms with E-state index in [0.29, 0.717) is 11.3 Å². The minimum atomic E-state index is -3.97. The first-order valence-electron chi connectivity index (χ1n) is 9.05. The standard InChI is InChI=1S/C22H21FN2O4S/c1-14-8-11-18(23)17(12-14)22(26)24-16-10-9-15(2)21(13-16)30(27,28)25-19-6-4-5-7-20(19)29-3/h4-13,25H,1-3H3,(H,24,26). The Morgan fingerprint density at radius 1 is 1.00 bits per heavy atom. The summed E-state index contributed by atoms with van der Waals surface area (Å²) in [5.74, 6) is -0.949. The van der Waals surface area contributed by atoms with Crippen LogP contribution in [0.25, 0.3) is 0 Å². The van der Waals surface area contributed by atoms with Crippen LogP contribution >= 0.6 is 0 Å². The van der Waals surface area contributed by atoms with E-state index in [0.717, 1.165) is 5.56 Å². The van der Waals surface area contributed by atoms with Gasteiger partial charge < -0.3 is 10.1 Å². The van der Waals surface area contributed by atoms with Crippen LogP contribution in [0.15, 0.2) is 65.6 Å². The lowest BCUT2D eigenvalue weighted by Gasteiger charge is -2.14. The van der Waals surface area contributed by atoms with E-state index in [1.54, 1.807) is 56.3 Å². The Balaban J connectivity index is 1.91. The number of anilines is 2. The monoisotopic (exact) mass is 428 g/mol. The molecule has 0 aliphatic carbocycles. The minimum Gasteiger partial charge on any atom is -0.495 e. The topological polar surface area (TPSA) is 84.5 Å². The molecule has 0 heterocycles. The van der Waals surface area contributed by atoms with Crippen LogP contribution in [0.1, 0.15) is 21.5 Å². The molecule has 0 aromatic heterocycles. The maximum Gasteiger partial charge on any atom is 0.262 e. The van der Waals surface area contributed by atoms with Gasteiger partial charge in [-0.2, -0.15) is 0 Å². The molecule has 0 saturated carbocycles. The highest BCUT2D eigenvalue weighted by molar-refractivity contribution is 7.92. The SMILES string of the molecule is COc1ccccc1NS(=O)(=O)c1cc(NC(=O)c2cc(C)ccc2F)ccc1C. The van der Waals surface area contributed by atoms with Crippen molar-refractivity contribution in [2.75, 3.05) is 17.1 Å². The normalized spacial score (nSPS) is 11.1. The van der Waals surface area contributed by atoms with Crippen molar-refractivity contribution >= 4 is 27.3 Å². The molecular formula is C22H21FN2O4S. The van der Waals surface area contributed by atoms with Crippen LogP contribution in [0, 0.1) is 19.7 Å². The van der Waals surface area contributed by atoms with Gasteiger partial charge in [-0.25, -0.2) is 12.8 Å². The number of amides is 1. The summed E-state index contributed by atoms with van der Waals surface area (Å²) in [6.07, 6.45) is 0. The van der Waals surface area contributed by atoms with Crippen molar-refractivity contribution < 1.29 is 22.3 Å². The Kier molecular flexibility index (Phi) is 6.07. The molecule has 8 heteroatoms. The van der Waals surface area contributed by atoms with Gasteiger partial charge in [0.05, 0.1) is 23.3 Å². The van der Waals surface area contributed by atoms with E-state index in [9.17, 15) is 17.6 Å². The summed E-state index contributed by atoms with van der Waals surface area (Å²) in [5.41, 5.74) is 1.61. The summed E-state index contributed by atoms with van der Waals surface area (Å²) >= 11 is 0. The third-order valence-electron chi connectivity index (χ3n) is 4.45. The number of sulfonamides is 1. The summed E-state index contributed by atoms with van der Waals surface area (Å²) in [6.45, 7) is 3.39. The van der Waals surface area contributed by atoms with Gasteiger partial charge in [-0.15, -0.1) is 0 Å². The predicted molar refractivity (Wildman–Crippen MR) is 114 cm³/mol. The Morgan fingerprint density at radius 3 is 2.47 bits per heavy atom. The zero-order chi connectivity index (χ0) is 21.9. The maximum absolute atomic E-state index is 14.0. The van der Waals surface area contributed by atoms with Gasteiger partial charge in [-0.3, -0.25) is 9.52 Å². The van der Waals surface area contributed by atoms with Crippen molar-refractivity contribution in [3.05, 3.63) is 83.2 Å². The lowest BCUT2D eigenvalue weighted by Crippen LogP contribution is -2.17. The number of para-hydroxylation sites is 2. The lowest BCUT2D eigenvalue weighted by atomic mass is 10.1. The molecule has 0 aliphatic rings. The van der Waals surface area contributed by atoms with E-state index >= 15 is 0 Å². The molecule has 0 aliphatic heterocycles. The first-order valence-corrected chi connectivity index (χ1v) is 10.5. The Labute approximate surface area is 174 Å². The molecule has 0 bridgehead atoms. The van der Waals surface area contributed by atoms with E-state index < -0.39 is 21.7 Å². The third-order valence-corrected chi connectivity index (χ3v) is 5.96. The Morgan fingerprint density at radius 2 is 1.73 bits per heavy atom. The van der Waals surface area contributed by atoms with Gasteiger partial charge in [0.25, 0.3) is 15.9 Å². The first kappa shape index (κ1) is 21.3. The molecule has 0 unspecified atom stereocenters. The highest BCUT2D eigenvalue weighted by Crippen LogP contribution is 2.28. The van der Waals surface area contributed by atoms with Crippen molar-refractivity contribution in [1.82, 2.24) is 0 Å². The second-order valence-electron chi connectivity index (χ2n) is 6.72. The van der Waals surface area contributed by atoms with Crippen molar-refractivity contribution in [3.8, 4) is 5.75 Å². The zero-order valence-electron chi connectivity index (χ0n) is 16.7. The molecule has 0 fully saturated rings. The second-order valence-corrected chi connectivity index (χ2v) is 8.37. The van der Waals surface area contributed by atoms with Crippen LogP contribution in [0.4, 0.5) is 15.8 Å². The van der Waals surface area contributed by atoms with E-state index in [1.165, 1.54) is 25.3 Å². The molecule has 0 spiro atoms. The van der Waals surface area contributed by atoms with E-state index in [2.05, 4.69) is 10.0 Å². The lowest BCUT2D eigenvalue weighted by molar-refractivity contribution is 0.102. The van der Waals surface area contributed by atoms with E-state index in [4.69, 9.17) is 4.74 Å². The van der Waals surface area contributed by atoms with E-state index in [1.807, 2.05) is 0 Å². The third kappa shape index (κ3) is 4.60. The van der Waals surface area contributed by atoms with Gasteiger partial charge in [0, 0.05) is 5.69 Å².